The van der Waals surface area contributed by atoms with Crippen molar-refractivity contribution in [1.82, 2.24) is 0 Å². The van der Waals surface area contributed by atoms with Crippen molar-refractivity contribution in [3.8, 4) is 23.0 Å². The summed E-state index contributed by atoms with van der Waals surface area (Å²) in [5.74, 6) is 2.55. The minimum Gasteiger partial charge on any atom is -0.450 e. The van der Waals surface area contributed by atoms with Crippen molar-refractivity contribution in [2.75, 3.05) is 0 Å². The standard InChI is InChI=1S/C24H30B2O6/c1-21(2)22(3,4)30-25(29-21)15-9-11-17-19(13-15)27-18-12-10-16(14-20(18)28-17)26-31-23(5,6)24(7,8)32-26/h9-14H,1-8H3. The summed E-state index contributed by atoms with van der Waals surface area (Å²) in [5, 5.41) is 0. The number of fused-ring (bicyclic) bond motifs is 2. The van der Waals surface area contributed by atoms with Gasteiger partial charge in [-0.3, -0.25) is 0 Å². The van der Waals surface area contributed by atoms with Crippen LogP contribution >= 0.6 is 0 Å². The summed E-state index contributed by atoms with van der Waals surface area (Å²) in [6.45, 7) is 16.3. The number of benzene rings is 2. The molecule has 3 heterocycles. The van der Waals surface area contributed by atoms with E-state index < -0.39 is 36.6 Å². The van der Waals surface area contributed by atoms with Gasteiger partial charge in [0, 0.05) is 0 Å². The maximum absolute atomic E-state index is 6.17. The fourth-order valence-electron chi connectivity index (χ4n) is 3.87. The van der Waals surface area contributed by atoms with Crippen molar-refractivity contribution < 1.29 is 28.1 Å². The lowest BCUT2D eigenvalue weighted by molar-refractivity contribution is 0.00578. The van der Waals surface area contributed by atoms with Gasteiger partial charge in [-0.1, -0.05) is 12.1 Å². The lowest BCUT2D eigenvalue weighted by Gasteiger charge is -2.32. The molecule has 5 rings (SSSR count). The van der Waals surface area contributed by atoms with Crippen LogP contribution in [0.15, 0.2) is 36.4 Å². The Morgan fingerprint density at radius 3 is 1.09 bits per heavy atom. The second-order valence-corrected chi connectivity index (χ2v) is 10.8. The zero-order valence-corrected chi connectivity index (χ0v) is 20.1. The summed E-state index contributed by atoms with van der Waals surface area (Å²) in [4.78, 5) is 0. The van der Waals surface area contributed by atoms with Gasteiger partial charge in [-0.2, -0.15) is 0 Å². The van der Waals surface area contributed by atoms with Gasteiger partial charge in [0.2, 0.25) is 0 Å². The van der Waals surface area contributed by atoms with E-state index in [0.717, 1.165) is 10.9 Å². The highest BCUT2D eigenvalue weighted by Crippen LogP contribution is 2.45. The number of rotatable bonds is 2. The molecule has 0 saturated carbocycles. The van der Waals surface area contributed by atoms with Crippen LogP contribution in [0.3, 0.4) is 0 Å². The molecule has 3 aliphatic heterocycles. The third-order valence-electron chi connectivity index (χ3n) is 7.43. The minimum atomic E-state index is -0.457. The number of ether oxygens (including phenoxy) is 2. The average molecular weight is 436 g/mol. The summed E-state index contributed by atoms with van der Waals surface area (Å²) in [6.07, 6.45) is 0. The van der Waals surface area contributed by atoms with Crippen LogP contribution in [0.5, 0.6) is 23.0 Å². The van der Waals surface area contributed by atoms with Crippen molar-refractivity contribution in [1.29, 1.82) is 0 Å². The van der Waals surface area contributed by atoms with Crippen LogP contribution in [0.4, 0.5) is 0 Å². The first kappa shape index (κ1) is 21.8. The van der Waals surface area contributed by atoms with Gasteiger partial charge in [-0.15, -0.1) is 0 Å². The van der Waals surface area contributed by atoms with Gasteiger partial charge in [-0.25, -0.2) is 0 Å². The maximum atomic E-state index is 6.17. The summed E-state index contributed by atoms with van der Waals surface area (Å²) in [7, 11) is -0.915. The molecule has 3 aliphatic rings. The normalized spacial score (nSPS) is 23.9. The van der Waals surface area contributed by atoms with Crippen LogP contribution in [0.2, 0.25) is 0 Å². The molecule has 0 unspecified atom stereocenters. The molecule has 2 fully saturated rings. The van der Waals surface area contributed by atoms with Gasteiger partial charge in [-0.05, 0) is 90.6 Å². The van der Waals surface area contributed by atoms with Crippen molar-refractivity contribution in [3.63, 3.8) is 0 Å². The second-order valence-electron chi connectivity index (χ2n) is 10.8. The monoisotopic (exact) mass is 436 g/mol. The van der Waals surface area contributed by atoms with Crippen molar-refractivity contribution in [2.45, 2.75) is 77.8 Å². The van der Waals surface area contributed by atoms with E-state index >= 15 is 0 Å². The molecular formula is C24H30B2O6. The Bertz CT molecular complexity index is 961. The summed E-state index contributed by atoms with van der Waals surface area (Å²) >= 11 is 0. The third kappa shape index (κ3) is 3.36. The smallest absolute Gasteiger partial charge is 0.450 e. The van der Waals surface area contributed by atoms with Crippen LogP contribution in [0.1, 0.15) is 55.4 Å². The number of hydrogen-bond donors (Lipinski definition) is 0. The highest BCUT2D eigenvalue weighted by Gasteiger charge is 2.53. The lowest BCUT2D eigenvalue weighted by Crippen LogP contribution is -2.41. The predicted molar refractivity (Wildman–Crippen MR) is 124 cm³/mol. The summed E-state index contributed by atoms with van der Waals surface area (Å²) in [5.41, 5.74) is 0.178. The SMILES string of the molecule is CC1(C)OB(c2ccc3c(c2)Oc2ccc(B4OC(C)(C)C(C)(C)O4)cc2O3)OC1(C)C. The fraction of sp³-hybridized carbons (Fsp3) is 0.500. The topological polar surface area (TPSA) is 55.4 Å². The van der Waals surface area contributed by atoms with E-state index in [-0.39, 0.29) is 0 Å². The quantitative estimate of drug-likeness (QED) is 0.562. The Hall–Kier alpha value is -1.99. The zero-order chi connectivity index (χ0) is 23.1. The van der Waals surface area contributed by atoms with E-state index in [0.29, 0.717) is 23.0 Å². The molecule has 8 heteroatoms. The van der Waals surface area contributed by atoms with E-state index in [2.05, 4.69) is 0 Å². The van der Waals surface area contributed by atoms with Crippen molar-refractivity contribution >= 4 is 25.2 Å². The maximum Gasteiger partial charge on any atom is 0.494 e. The number of hydrogen-bond acceptors (Lipinski definition) is 6. The van der Waals surface area contributed by atoms with Crippen molar-refractivity contribution in [3.05, 3.63) is 36.4 Å². The van der Waals surface area contributed by atoms with Crippen LogP contribution in [0.25, 0.3) is 0 Å². The molecule has 32 heavy (non-hydrogen) atoms. The largest absolute Gasteiger partial charge is 0.494 e. The molecule has 0 amide bonds. The predicted octanol–water partition coefficient (Wildman–Crippen LogP) is 4.18. The Labute approximate surface area is 190 Å². The molecule has 0 spiro atoms. The minimum absolute atomic E-state index is 0.401. The second kappa shape index (κ2) is 6.76. The molecule has 2 aromatic carbocycles. The van der Waals surface area contributed by atoms with E-state index in [1.165, 1.54) is 0 Å². The molecule has 0 bridgehead atoms. The summed E-state index contributed by atoms with van der Waals surface area (Å²) in [6, 6.07) is 11.5. The van der Waals surface area contributed by atoms with Gasteiger partial charge in [0.1, 0.15) is 0 Å². The molecule has 2 aromatic rings. The van der Waals surface area contributed by atoms with E-state index in [1.807, 2.05) is 91.8 Å². The van der Waals surface area contributed by atoms with Gasteiger partial charge >= 0.3 is 14.2 Å². The van der Waals surface area contributed by atoms with Gasteiger partial charge in [0.15, 0.2) is 23.0 Å². The van der Waals surface area contributed by atoms with Crippen LogP contribution in [-0.2, 0) is 18.6 Å². The molecule has 0 aliphatic carbocycles. The van der Waals surface area contributed by atoms with E-state index in [4.69, 9.17) is 28.1 Å². The molecule has 0 atom stereocenters. The Balaban J connectivity index is 1.38. The van der Waals surface area contributed by atoms with Gasteiger partial charge < -0.3 is 28.1 Å². The summed E-state index contributed by atoms with van der Waals surface area (Å²) < 4.78 is 37.0. The molecule has 0 aromatic heterocycles. The van der Waals surface area contributed by atoms with Gasteiger partial charge in [0.25, 0.3) is 0 Å². The molecule has 6 nitrogen and oxygen atoms in total. The Morgan fingerprint density at radius 2 is 0.781 bits per heavy atom. The lowest BCUT2D eigenvalue weighted by atomic mass is 9.78. The molecule has 0 N–H and O–H groups in total. The van der Waals surface area contributed by atoms with Gasteiger partial charge in [0.05, 0.1) is 22.4 Å². The van der Waals surface area contributed by atoms with E-state index in [1.54, 1.807) is 0 Å². The highest BCUT2D eigenvalue weighted by molar-refractivity contribution is 6.62. The molecular weight excluding hydrogens is 406 g/mol. The molecule has 0 radical (unpaired) electrons. The Kier molecular flexibility index (Phi) is 4.61. The first-order valence-corrected chi connectivity index (χ1v) is 11.1. The van der Waals surface area contributed by atoms with Crippen LogP contribution in [0, 0.1) is 0 Å². The first-order valence-electron chi connectivity index (χ1n) is 11.1. The third-order valence-corrected chi connectivity index (χ3v) is 7.43. The fourth-order valence-corrected chi connectivity index (χ4v) is 3.87. The van der Waals surface area contributed by atoms with Crippen LogP contribution in [-0.4, -0.2) is 36.6 Å². The Morgan fingerprint density at radius 1 is 0.469 bits per heavy atom. The molecule has 2 saturated heterocycles. The molecule has 168 valence electrons. The average Bonchev–Trinajstić information content (AvgIpc) is 3.05. The van der Waals surface area contributed by atoms with E-state index in [9.17, 15) is 0 Å². The van der Waals surface area contributed by atoms with Crippen molar-refractivity contribution in [2.24, 2.45) is 0 Å². The zero-order valence-electron chi connectivity index (χ0n) is 20.1. The first-order chi connectivity index (χ1) is 14.8. The highest BCUT2D eigenvalue weighted by atomic mass is 16.7. The van der Waals surface area contributed by atoms with Crippen LogP contribution < -0.4 is 20.4 Å².